The Morgan fingerprint density at radius 2 is 1.90 bits per heavy atom. The molecule has 8 heteroatoms. The molecule has 1 aliphatic carbocycles. The van der Waals surface area contributed by atoms with Gasteiger partial charge in [-0.2, -0.15) is 0 Å². The average molecular weight is 536 g/mol. The molecule has 0 radical (unpaired) electrons. The van der Waals surface area contributed by atoms with E-state index in [9.17, 15) is 0 Å². The Hall–Kier alpha value is -1.81. The topological polar surface area (TPSA) is 66.6 Å². The molecule has 0 aliphatic heterocycles. The molecular formula is C22H29IN6S. The van der Waals surface area contributed by atoms with E-state index in [-0.39, 0.29) is 28.7 Å². The van der Waals surface area contributed by atoms with Gasteiger partial charge in [-0.15, -0.1) is 45.9 Å². The van der Waals surface area contributed by atoms with Crippen molar-refractivity contribution in [3.05, 3.63) is 60.6 Å². The van der Waals surface area contributed by atoms with E-state index in [4.69, 9.17) is 4.99 Å². The van der Waals surface area contributed by atoms with Gasteiger partial charge in [-0.25, -0.2) is 0 Å². The zero-order valence-electron chi connectivity index (χ0n) is 17.3. The van der Waals surface area contributed by atoms with Gasteiger partial charge < -0.3 is 10.6 Å². The van der Waals surface area contributed by atoms with Crippen molar-refractivity contribution in [2.75, 3.05) is 19.6 Å². The molecule has 0 unspecified atom stereocenters. The van der Waals surface area contributed by atoms with Gasteiger partial charge >= 0.3 is 0 Å². The first kappa shape index (κ1) is 22.9. The van der Waals surface area contributed by atoms with E-state index in [1.807, 2.05) is 36.2 Å². The summed E-state index contributed by atoms with van der Waals surface area (Å²) in [5.41, 5.74) is 0.899. The zero-order chi connectivity index (χ0) is 19.9. The Balaban J connectivity index is 0.00000256. The molecule has 3 aromatic rings. The fourth-order valence-electron chi connectivity index (χ4n) is 3.25. The highest BCUT2D eigenvalue weighted by Crippen LogP contribution is 2.51. The van der Waals surface area contributed by atoms with Crippen molar-refractivity contribution in [1.29, 1.82) is 0 Å². The highest BCUT2D eigenvalue weighted by molar-refractivity contribution is 14.0. The Labute approximate surface area is 199 Å². The average Bonchev–Trinajstić information content (AvgIpc) is 3.39. The Morgan fingerprint density at radius 3 is 2.67 bits per heavy atom. The number of benzene rings is 1. The van der Waals surface area contributed by atoms with Crippen molar-refractivity contribution in [2.24, 2.45) is 4.99 Å². The highest BCUT2D eigenvalue weighted by atomic mass is 127. The minimum Gasteiger partial charge on any atom is -0.357 e. The van der Waals surface area contributed by atoms with Gasteiger partial charge in [-0.3, -0.25) is 9.39 Å². The van der Waals surface area contributed by atoms with Crippen molar-refractivity contribution in [3.63, 3.8) is 0 Å². The molecule has 0 bridgehead atoms. The summed E-state index contributed by atoms with van der Waals surface area (Å²) in [6.07, 6.45) is 6.34. The predicted molar refractivity (Wildman–Crippen MR) is 135 cm³/mol. The number of hydrogen-bond donors (Lipinski definition) is 2. The van der Waals surface area contributed by atoms with Gasteiger partial charge in [0.15, 0.2) is 11.6 Å². The number of nitrogens with one attached hydrogen (secondary N) is 2. The lowest BCUT2D eigenvalue weighted by Gasteiger charge is -2.15. The van der Waals surface area contributed by atoms with Gasteiger partial charge in [0, 0.05) is 35.3 Å². The zero-order valence-corrected chi connectivity index (χ0v) is 20.4. The second kappa shape index (κ2) is 11.0. The fourth-order valence-corrected chi connectivity index (χ4v) is 4.48. The lowest BCUT2D eigenvalue weighted by Crippen LogP contribution is -2.38. The molecule has 0 spiro atoms. The third-order valence-corrected chi connectivity index (χ3v) is 6.49. The molecule has 2 N–H and O–H groups in total. The summed E-state index contributed by atoms with van der Waals surface area (Å²) < 4.78 is 2.32. The number of pyridine rings is 1. The molecule has 2 aromatic heterocycles. The molecule has 4 rings (SSSR count). The summed E-state index contributed by atoms with van der Waals surface area (Å²) in [4.78, 5) is 6.20. The van der Waals surface area contributed by atoms with Crippen LogP contribution < -0.4 is 10.6 Å². The standard InChI is InChI=1S/C22H28N6S.HI/c1-2-23-21(25-17-22(13-14-22)29-18-9-4-3-5-10-18)24-15-8-12-20-27-26-19-11-6-7-16-28(19)20;/h3-7,9-11,16H,2,8,12-15,17H2,1H3,(H2,23,24,25);1H. The molecule has 1 saturated carbocycles. The smallest absolute Gasteiger partial charge is 0.191 e. The van der Waals surface area contributed by atoms with Gasteiger partial charge in [-0.05, 0) is 50.5 Å². The van der Waals surface area contributed by atoms with Crippen LogP contribution in [-0.2, 0) is 6.42 Å². The molecule has 2 heterocycles. The SMILES string of the molecule is CCNC(=NCC1(Sc2ccccc2)CC1)NCCCc1nnc2ccccn12.I. The number of hydrogen-bond acceptors (Lipinski definition) is 4. The van der Waals surface area contributed by atoms with Crippen molar-refractivity contribution in [3.8, 4) is 0 Å². The van der Waals surface area contributed by atoms with E-state index in [0.29, 0.717) is 0 Å². The summed E-state index contributed by atoms with van der Waals surface area (Å²) in [5, 5.41) is 15.3. The maximum absolute atomic E-state index is 4.87. The van der Waals surface area contributed by atoms with E-state index in [2.05, 4.69) is 62.5 Å². The van der Waals surface area contributed by atoms with Gasteiger partial charge in [0.2, 0.25) is 0 Å². The Kier molecular flexibility index (Phi) is 8.38. The number of fused-ring (bicyclic) bond motifs is 1. The lowest BCUT2D eigenvalue weighted by molar-refractivity contribution is 0.713. The number of rotatable bonds is 9. The van der Waals surface area contributed by atoms with Crippen LogP contribution in [0.25, 0.3) is 5.65 Å². The summed E-state index contributed by atoms with van der Waals surface area (Å²) >= 11 is 1.96. The maximum atomic E-state index is 4.87. The maximum Gasteiger partial charge on any atom is 0.191 e. The second-order valence-corrected chi connectivity index (χ2v) is 8.91. The van der Waals surface area contributed by atoms with Crippen molar-refractivity contribution < 1.29 is 0 Å². The number of nitrogens with zero attached hydrogens (tertiary/aromatic N) is 4. The number of aryl methyl sites for hydroxylation is 1. The molecule has 1 aromatic carbocycles. The number of guanidine groups is 1. The van der Waals surface area contributed by atoms with Gasteiger partial charge in [0.25, 0.3) is 0 Å². The predicted octanol–water partition coefficient (Wildman–Crippen LogP) is 4.16. The van der Waals surface area contributed by atoms with Crippen LogP contribution in [0.3, 0.4) is 0 Å². The molecule has 0 atom stereocenters. The van der Waals surface area contributed by atoms with Crippen LogP contribution in [0.5, 0.6) is 0 Å². The molecule has 0 saturated heterocycles. The van der Waals surface area contributed by atoms with E-state index < -0.39 is 0 Å². The van der Waals surface area contributed by atoms with Crippen LogP contribution in [0.4, 0.5) is 0 Å². The minimum absolute atomic E-state index is 0. The lowest BCUT2D eigenvalue weighted by atomic mass is 10.3. The van der Waals surface area contributed by atoms with Crippen LogP contribution in [0.2, 0.25) is 0 Å². The van der Waals surface area contributed by atoms with Crippen LogP contribution in [0, 0.1) is 0 Å². The Bertz CT molecular complexity index is 954. The van der Waals surface area contributed by atoms with E-state index in [0.717, 1.165) is 49.9 Å². The molecule has 1 aliphatic rings. The molecule has 160 valence electrons. The highest BCUT2D eigenvalue weighted by Gasteiger charge is 2.43. The van der Waals surface area contributed by atoms with Crippen LogP contribution >= 0.6 is 35.7 Å². The first-order chi connectivity index (χ1) is 14.3. The normalized spacial score (nSPS) is 14.9. The molecule has 30 heavy (non-hydrogen) atoms. The summed E-state index contributed by atoms with van der Waals surface area (Å²) in [6.45, 7) is 4.66. The number of halogens is 1. The number of thioether (sulfide) groups is 1. The van der Waals surface area contributed by atoms with Gasteiger partial charge in [0.1, 0.15) is 5.82 Å². The monoisotopic (exact) mass is 536 g/mol. The van der Waals surface area contributed by atoms with Crippen molar-refractivity contribution >= 4 is 47.3 Å². The van der Waals surface area contributed by atoms with Crippen LogP contribution in [-0.4, -0.2) is 44.9 Å². The largest absolute Gasteiger partial charge is 0.357 e. The Morgan fingerprint density at radius 1 is 1.10 bits per heavy atom. The minimum atomic E-state index is 0. The third-order valence-electron chi connectivity index (χ3n) is 5.01. The van der Waals surface area contributed by atoms with Gasteiger partial charge in [0.05, 0.1) is 6.54 Å². The van der Waals surface area contributed by atoms with Crippen molar-refractivity contribution in [2.45, 2.75) is 42.2 Å². The molecule has 6 nitrogen and oxygen atoms in total. The van der Waals surface area contributed by atoms with E-state index >= 15 is 0 Å². The third kappa shape index (κ3) is 6.10. The summed E-state index contributed by atoms with van der Waals surface area (Å²) in [6, 6.07) is 16.6. The first-order valence-corrected chi connectivity index (χ1v) is 11.1. The molecular weight excluding hydrogens is 507 g/mol. The van der Waals surface area contributed by atoms with Crippen molar-refractivity contribution in [1.82, 2.24) is 25.2 Å². The fraction of sp³-hybridized carbons (Fsp3) is 0.409. The molecule has 0 amide bonds. The summed E-state index contributed by atoms with van der Waals surface area (Å²) in [7, 11) is 0. The molecule has 1 fully saturated rings. The quantitative estimate of drug-likeness (QED) is 0.186. The van der Waals surface area contributed by atoms with Gasteiger partial charge in [-0.1, -0.05) is 24.3 Å². The summed E-state index contributed by atoms with van der Waals surface area (Å²) in [5.74, 6) is 1.90. The van der Waals surface area contributed by atoms with Crippen LogP contribution in [0.15, 0.2) is 64.6 Å². The first-order valence-electron chi connectivity index (χ1n) is 10.3. The number of aliphatic imine (C=N–C) groups is 1. The second-order valence-electron chi connectivity index (χ2n) is 7.37. The van der Waals surface area contributed by atoms with E-state index in [1.165, 1.54) is 17.7 Å². The van der Waals surface area contributed by atoms with Crippen LogP contribution in [0.1, 0.15) is 32.0 Å². The van der Waals surface area contributed by atoms with E-state index in [1.54, 1.807) is 0 Å². The number of aromatic nitrogens is 3.